The normalized spacial score (nSPS) is 11.1. The molecule has 2 aromatic carbocycles. The Kier molecular flexibility index (Phi) is 3.32. The highest BCUT2D eigenvalue weighted by Crippen LogP contribution is 2.39. The number of para-hydroxylation sites is 1. The number of fused-ring (bicyclic) bond motifs is 1. The van der Waals surface area contributed by atoms with Gasteiger partial charge in [-0.3, -0.25) is 0 Å². The Morgan fingerprint density at radius 2 is 1.89 bits per heavy atom. The van der Waals surface area contributed by atoms with E-state index in [0.717, 1.165) is 25.3 Å². The summed E-state index contributed by atoms with van der Waals surface area (Å²) in [6.45, 7) is 0. The van der Waals surface area contributed by atoms with Crippen molar-refractivity contribution in [1.82, 2.24) is 4.98 Å². The fraction of sp³-hybridized carbons (Fsp3) is 0. The summed E-state index contributed by atoms with van der Waals surface area (Å²) < 4.78 is 1.98. The Hall–Kier alpha value is -0.610. The van der Waals surface area contributed by atoms with Gasteiger partial charge in [-0.25, -0.2) is 4.98 Å². The molecule has 3 aromatic rings. The summed E-state index contributed by atoms with van der Waals surface area (Å²) in [7, 11) is 0. The summed E-state index contributed by atoms with van der Waals surface area (Å²) in [5.41, 5.74) is 1.91. The van der Waals surface area contributed by atoms with Gasteiger partial charge in [0.15, 0.2) is 0 Å². The molecule has 0 unspecified atom stereocenters. The van der Waals surface area contributed by atoms with E-state index in [1.807, 2.05) is 24.3 Å². The van der Waals surface area contributed by atoms with Crippen molar-refractivity contribution in [2.45, 2.75) is 0 Å². The molecule has 0 fully saturated rings. The summed E-state index contributed by atoms with van der Waals surface area (Å²) in [6.07, 6.45) is 0. The second-order valence-electron chi connectivity index (χ2n) is 3.74. The summed E-state index contributed by atoms with van der Waals surface area (Å²) in [5, 5.41) is 2.11. The van der Waals surface area contributed by atoms with Gasteiger partial charge in [0.25, 0.3) is 0 Å². The number of thiazole rings is 1. The molecule has 5 heteroatoms. The number of hydrogen-bond donors (Lipinski definition) is 0. The lowest BCUT2D eigenvalue weighted by Gasteiger charge is -2.03. The number of hydrogen-bond acceptors (Lipinski definition) is 2. The Labute approximate surface area is 127 Å². The zero-order valence-corrected chi connectivity index (χ0v) is 12.9. The van der Waals surface area contributed by atoms with Crippen LogP contribution in [0.2, 0.25) is 10.0 Å². The smallest absolute Gasteiger partial charge is 0.125 e. The van der Waals surface area contributed by atoms with Gasteiger partial charge < -0.3 is 0 Å². The average molecular weight is 359 g/mol. The Bertz CT molecular complexity index is 706. The van der Waals surface area contributed by atoms with Gasteiger partial charge in [0.2, 0.25) is 0 Å². The van der Waals surface area contributed by atoms with Crippen molar-refractivity contribution in [3.05, 3.63) is 50.9 Å². The molecule has 0 saturated carbocycles. The largest absolute Gasteiger partial charge is 0.236 e. The predicted octanol–water partition coefficient (Wildman–Crippen LogP) is 6.03. The Balaban J connectivity index is 2.26. The molecule has 0 aliphatic carbocycles. The average Bonchev–Trinajstić information content (AvgIpc) is 2.77. The lowest BCUT2D eigenvalue weighted by molar-refractivity contribution is 1.46. The molecule has 0 aliphatic heterocycles. The van der Waals surface area contributed by atoms with Crippen LogP contribution < -0.4 is 0 Å². The molecule has 0 bridgehead atoms. The third-order valence-corrected chi connectivity index (χ3v) is 5.19. The molecule has 1 nitrogen and oxygen atoms in total. The third kappa shape index (κ3) is 2.16. The monoisotopic (exact) mass is 357 g/mol. The Morgan fingerprint density at radius 3 is 2.67 bits per heavy atom. The second kappa shape index (κ2) is 4.82. The fourth-order valence-electron chi connectivity index (χ4n) is 1.70. The van der Waals surface area contributed by atoms with Crippen molar-refractivity contribution in [3.8, 4) is 10.6 Å². The summed E-state index contributed by atoms with van der Waals surface area (Å²) in [4.78, 5) is 4.60. The highest BCUT2D eigenvalue weighted by atomic mass is 79.9. The first kappa shape index (κ1) is 12.4. The summed E-state index contributed by atoms with van der Waals surface area (Å²) >= 11 is 17.3. The Morgan fingerprint density at radius 1 is 1.11 bits per heavy atom. The molecule has 0 aliphatic rings. The van der Waals surface area contributed by atoms with Crippen molar-refractivity contribution < 1.29 is 0 Å². The quantitative estimate of drug-likeness (QED) is 0.483. The van der Waals surface area contributed by atoms with E-state index < -0.39 is 0 Å². The van der Waals surface area contributed by atoms with E-state index in [4.69, 9.17) is 23.2 Å². The van der Waals surface area contributed by atoms with Gasteiger partial charge in [-0.15, -0.1) is 11.3 Å². The first-order valence-corrected chi connectivity index (χ1v) is 7.52. The van der Waals surface area contributed by atoms with Gasteiger partial charge in [-0.1, -0.05) is 35.3 Å². The van der Waals surface area contributed by atoms with Gasteiger partial charge >= 0.3 is 0 Å². The molecule has 3 rings (SSSR count). The van der Waals surface area contributed by atoms with Crippen molar-refractivity contribution >= 4 is 60.7 Å². The van der Waals surface area contributed by atoms with E-state index in [2.05, 4.69) is 27.0 Å². The molecule has 1 heterocycles. The molecule has 18 heavy (non-hydrogen) atoms. The van der Waals surface area contributed by atoms with Crippen LogP contribution in [0.5, 0.6) is 0 Å². The maximum atomic E-state index is 6.11. The van der Waals surface area contributed by atoms with Gasteiger partial charge in [0.1, 0.15) is 5.01 Å². The number of nitrogens with zero attached hydrogens (tertiary/aromatic N) is 1. The summed E-state index contributed by atoms with van der Waals surface area (Å²) in [5.74, 6) is 0. The van der Waals surface area contributed by atoms with Gasteiger partial charge in [-0.05, 0) is 40.2 Å². The third-order valence-electron chi connectivity index (χ3n) is 2.52. The van der Waals surface area contributed by atoms with Crippen LogP contribution in [0.25, 0.3) is 20.8 Å². The van der Waals surface area contributed by atoms with Crippen LogP contribution in [0.3, 0.4) is 0 Å². The lowest BCUT2D eigenvalue weighted by atomic mass is 10.2. The van der Waals surface area contributed by atoms with Crippen LogP contribution in [0, 0.1) is 0 Å². The standard InChI is InChI=1S/C13H6BrCl2NS/c14-12-8(5-7(15)6-9(12)16)13-17-10-3-1-2-4-11(10)18-13/h1-6H. The summed E-state index contributed by atoms with van der Waals surface area (Å²) in [6, 6.07) is 11.6. The predicted molar refractivity (Wildman–Crippen MR) is 82.8 cm³/mol. The minimum atomic E-state index is 0.594. The maximum absolute atomic E-state index is 6.11. The first-order chi connectivity index (χ1) is 8.65. The van der Waals surface area contributed by atoms with Crippen LogP contribution in [-0.2, 0) is 0 Å². The molecule has 0 N–H and O–H groups in total. The van der Waals surface area contributed by atoms with Crippen LogP contribution in [0.15, 0.2) is 40.9 Å². The zero-order valence-electron chi connectivity index (χ0n) is 8.95. The number of aromatic nitrogens is 1. The highest BCUT2D eigenvalue weighted by Gasteiger charge is 2.12. The molecule has 0 atom stereocenters. The number of benzene rings is 2. The van der Waals surface area contributed by atoms with E-state index in [0.29, 0.717) is 10.0 Å². The van der Waals surface area contributed by atoms with Crippen LogP contribution in [0.4, 0.5) is 0 Å². The SMILES string of the molecule is Clc1cc(Cl)c(Br)c(-c2nc3ccccc3s2)c1. The van der Waals surface area contributed by atoms with E-state index in [1.165, 1.54) is 0 Å². The number of halogens is 3. The topological polar surface area (TPSA) is 12.9 Å². The second-order valence-corrected chi connectivity index (χ2v) is 6.40. The molecule has 0 amide bonds. The van der Waals surface area contributed by atoms with E-state index in [1.54, 1.807) is 17.4 Å². The first-order valence-electron chi connectivity index (χ1n) is 5.15. The molecular formula is C13H6BrCl2NS. The minimum absolute atomic E-state index is 0.594. The van der Waals surface area contributed by atoms with Crippen molar-refractivity contribution in [3.63, 3.8) is 0 Å². The molecule has 90 valence electrons. The van der Waals surface area contributed by atoms with Crippen LogP contribution in [-0.4, -0.2) is 4.98 Å². The van der Waals surface area contributed by atoms with Crippen molar-refractivity contribution in [2.24, 2.45) is 0 Å². The van der Waals surface area contributed by atoms with Crippen LogP contribution >= 0.6 is 50.5 Å². The van der Waals surface area contributed by atoms with Crippen molar-refractivity contribution in [2.75, 3.05) is 0 Å². The lowest BCUT2D eigenvalue weighted by Crippen LogP contribution is -1.80. The number of rotatable bonds is 1. The molecule has 0 radical (unpaired) electrons. The molecule has 0 saturated heterocycles. The maximum Gasteiger partial charge on any atom is 0.125 e. The van der Waals surface area contributed by atoms with Crippen molar-refractivity contribution in [1.29, 1.82) is 0 Å². The van der Waals surface area contributed by atoms with Crippen LogP contribution in [0.1, 0.15) is 0 Å². The molecular weight excluding hydrogens is 353 g/mol. The van der Waals surface area contributed by atoms with E-state index in [-0.39, 0.29) is 0 Å². The minimum Gasteiger partial charge on any atom is -0.236 e. The van der Waals surface area contributed by atoms with E-state index in [9.17, 15) is 0 Å². The molecule has 1 aromatic heterocycles. The fourth-order valence-corrected chi connectivity index (χ4v) is 3.73. The zero-order chi connectivity index (χ0) is 12.7. The van der Waals surface area contributed by atoms with Gasteiger partial charge in [0.05, 0.1) is 15.2 Å². The van der Waals surface area contributed by atoms with Gasteiger partial charge in [-0.2, -0.15) is 0 Å². The highest BCUT2D eigenvalue weighted by molar-refractivity contribution is 9.10. The van der Waals surface area contributed by atoms with E-state index >= 15 is 0 Å². The van der Waals surface area contributed by atoms with Gasteiger partial charge in [0, 0.05) is 15.1 Å². The molecule has 0 spiro atoms.